The monoisotopic (exact) mass is 256 g/mol. The van der Waals surface area contributed by atoms with Crippen molar-refractivity contribution < 1.29 is 14.6 Å². The average molecular weight is 257 g/mol. The lowest BCUT2D eigenvalue weighted by molar-refractivity contribution is 0.0328. The Morgan fingerprint density at radius 3 is 2.88 bits per heavy atom. The van der Waals surface area contributed by atoms with Crippen LogP contribution in [0.2, 0.25) is 5.15 Å². The van der Waals surface area contributed by atoms with Crippen LogP contribution in [-0.4, -0.2) is 35.3 Å². The number of aromatic carboxylic acids is 1. The van der Waals surface area contributed by atoms with Gasteiger partial charge < -0.3 is 15.2 Å². The van der Waals surface area contributed by atoms with Crippen molar-refractivity contribution in [3.8, 4) is 0 Å². The Bertz CT molecular complexity index is 433. The molecule has 1 fully saturated rings. The van der Waals surface area contributed by atoms with Gasteiger partial charge in [-0.3, -0.25) is 0 Å². The molecule has 17 heavy (non-hydrogen) atoms. The molecule has 0 atom stereocenters. The van der Waals surface area contributed by atoms with Gasteiger partial charge in [0.1, 0.15) is 11.0 Å². The number of nitrogens with one attached hydrogen (secondary N) is 1. The molecule has 1 aromatic heterocycles. The van der Waals surface area contributed by atoms with Gasteiger partial charge in [-0.05, 0) is 25.0 Å². The normalized spacial score (nSPS) is 22.9. The predicted octanol–water partition coefficient (Wildman–Crippen LogP) is 2.02. The van der Waals surface area contributed by atoms with Crippen LogP contribution >= 0.6 is 11.6 Å². The van der Waals surface area contributed by atoms with Crippen LogP contribution in [-0.2, 0) is 4.74 Å². The van der Waals surface area contributed by atoms with E-state index >= 15 is 0 Å². The van der Waals surface area contributed by atoms with Crippen molar-refractivity contribution in [2.45, 2.75) is 25.0 Å². The van der Waals surface area contributed by atoms with Gasteiger partial charge in [-0.15, -0.1) is 0 Å². The van der Waals surface area contributed by atoms with Crippen LogP contribution in [0.15, 0.2) is 12.1 Å². The largest absolute Gasteiger partial charge is 0.478 e. The molecular weight excluding hydrogens is 244 g/mol. The fraction of sp³-hybridized carbons (Fsp3) is 0.455. The van der Waals surface area contributed by atoms with Crippen LogP contribution in [0, 0.1) is 0 Å². The Kier molecular flexibility index (Phi) is 3.49. The molecule has 92 valence electrons. The Labute approximate surface area is 104 Å². The number of hydrogen-bond acceptors (Lipinski definition) is 4. The smallest absolute Gasteiger partial charge is 0.335 e. The third-order valence-electron chi connectivity index (χ3n) is 2.82. The second-order valence-electron chi connectivity index (χ2n) is 4.04. The van der Waals surface area contributed by atoms with Gasteiger partial charge in [-0.25, -0.2) is 9.78 Å². The van der Waals surface area contributed by atoms with Gasteiger partial charge in [0.15, 0.2) is 0 Å². The number of carbonyl (C=O) groups is 1. The molecule has 2 rings (SSSR count). The number of ether oxygens (including phenoxy) is 1. The number of nitrogens with zero attached hydrogens (tertiary/aromatic N) is 1. The summed E-state index contributed by atoms with van der Waals surface area (Å²) < 4.78 is 5.16. The standard InChI is InChI=1S/C11H13ClN2O3/c1-17-8-4-7(5-8)13-10-3-6(11(15)16)2-9(12)14-10/h2-3,7-8H,4-5H2,1H3,(H,13,14)(H,15,16). The highest BCUT2D eigenvalue weighted by Gasteiger charge is 2.29. The summed E-state index contributed by atoms with van der Waals surface area (Å²) in [5, 5.41) is 12.2. The molecule has 0 spiro atoms. The van der Waals surface area contributed by atoms with Crippen molar-refractivity contribution in [3.05, 3.63) is 22.8 Å². The third-order valence-corrected chi connectivity index (χ3v) is 3.01. The lowest BCUT2D eigenvalue weighted by Crippen LogP contribution is -2.40. The van der Waals surface area contributed by atoms with Gasteiger partial charge >= 0.3 is 5.97 Å². The van der Waals surface area contributed by atoms with E-state index in [1.54, 1.807) is 7.11 Å². The second-order valence-corrected chi connectivity index (χ2v) is 4.43. The Balaban J connectivity index is 2.04. The molecule has 0 radical (unpaired) electrons. The summed E-state index contributed by atoms with van der Waals surface area (Å²) in [7, 11) is 1.68. The number of halogens is 1. The van der Waals surface area contributed by atoms with E-state index in [2.05, 4.69) is 10.3 Å². The Hall–Kier alpha value is -1.33. The van der Waals surface area contributed by atoms with Gasteiger partial charge in [-0.1, -0.05) is 11.6 Å². The third kappa shape index (κ3) is 2.87. The van der Waals surface area contributed by atoms with Crippen molar-refractivity contribution in [1.82, 2.24) is 4.98 Å². The highest BCUT2D eigenvalue weighted by Crippen LogP contribution is 2.26. The minimum absolute atomic E-state index is 0.134. The zero-order valence-electron chi connectivity index (χ0n) is 9.31. The van der Waals surface area contributed by atoms with E-state index in [-0.39, 0.29) is 22.9 Å². The van der Waals surface area contributed by atoms with Crippen molar-refractivity contribution in [2.24, 2.45) is 0 Å². The van der Waals surface area contributed by atoms with Crippen molar-refractivity contribution >= 4 is 23.4 Å². The minimum atomic E-state index is -1.01. The summed E-state index contributed by atoms with van der Waals surface area (Å²) >= 11 is 5.76. The van der Waals surface area contributed by atoms with Gasteiger partial charge in [0, 0.05) is 13.2 Å². The topological polar surface area (TPSA) is 71.5 Å². The van der Waals surface area contributed by atoms with E-state index in [0.717, 1.165) is 12.8 Å². The molecule has 1 saturated carbocycles. The molecule has 0 unspecified atom stereocenters. The molecule has 6 heteroatoms. The molecule has 0 aliphatic heterocycles. The predicted molar refractivity (Wildman–Crippen MR) is 63.6 cm³/mol. The molecule has 0 saturated heterocycles. The first-order valence-corrected chi connectivity index (χ1v) is 5.66. The van der Waals surface area contributed by atoms with Gasteiger partial charge in [0.25, 0.3) is 0 Å². The van der Waals surface area contributed by atoms with Crippen LogP contribution in [0.25, 0.3) is 0 Å². The number of methoxy groups -OCH3 is 1. The highest BCUT2D eigenvalue weighted by molar-refractivity contribution is 6.29. The lowest BCUT2D eigenvalue weighted by Gasteiger charge is -2.34. The summed E-state index contributed by atoms with van der Waals surface area (Å²) in [6.07, 6.45) is 2.07. The van der Waals surface area contributed by atoms with E-state index in [1.807, 2.05) is 0 Å². The van der Waals surface area contributed by atoms with E-state index in [1.165, 1.54) is 12.1 Å². The number of rotatable bonds is 4. The Morgan fingerprint density at radius 2 is 2.29 bits per heavy atom. The molecular formula is C11H13ClN2O3. The summed E-state index contributed by atoms with van der Waals surface area (Å²) in [4.78, 5) is 14.9. The van der Waals surface area contributed by atoms with E-state index < -0.39 is 5.97 Å². The van der Waals surface area contributed by atoms with Crippen LogP contribution in [0.5, 0.6) is 0 Å². The zero-order valence-corrected chi connectivity index (χ0v) is 10.1. The summed E-state index contributed by atoms with van der Waals surface area (Å²) in [6.45, 7) is 0. The van der Waals surface area contributed by atoms with Gasteiger partial charge in [0.05, 0.1) is 11.7 Å². The second kappa shape index (κ2) is 4.89. The molecule has 2 N–H and O–H groups in total. The van der Waals surface area contributed by atoms with Crippen LogP contribution in [0.1, 0.15) is 23.2 Å². The van der Waals surface area contributed by atoms with E-state index in [0.29, 0.717) is 5.82 Å². The van der Waals surface area contributed by atoms with E-state index in [4.69, 9.17) is 21.4 Å². The van der Waals surface area contributed by atoms with Crippen molar-refractivity contribution in [3.63, 3.8) is 0 Å². The molecule has 0 aromatic carbocycles. The first kappa shape index (κ1) is 12.1. The quantitative estimate of drug-likeness (QED) is 0.807. The maximum absolute atomic E-state index is 10.8. The first-order valence-electron chi connectivity index (χ1n) is 5.28. The molecule has 1 aliphatic carbocycles. The molecule has 0 amide bonds. The number of anilines is 1. The molecule has 1 aromatic rings. The minimum Gasteiger partial charge on any atom is -0.478 e. The Morgan fingerprint density at radius 1 is 1.59 bits per heavy atom. The SMILES string of the molecule is COC1CC(Nc2cc(C(=O)O)cc(Cl)n2)C1. The number of hydrogen-bond donors (Lipinski definition) is 2. The number of pyridine rings is 1. The van der Waals surface area contributed by atoms with Crippen molar-refractivity contribution in [1.29, 1.82) is 0 Å². The number of aromatic nitrogens is 1. The molecule has 0 bridgehead atoms. The number of carboxylic acid groups (broad SMARTS) is 1. The average Bonchev–Trinajstić information content (AvgIpc) is 2.21. The highest BCUT2D eigenvalue weighted by atomic mass is 35.5. The van der Waals surface area contributed by atoms with Crippen molar-refractivity contribution in [2.75, 3.05) is 12.4 Å². The van der Waals surface area contributed by atoms with Crippen LogP contribution < -0.4 is 5.32 Å². The maximum Gasteiger partial charge on any atom is 0.335 e. The molecule has 1 aliphatic rings. The summed E-state index contributed by atoms with van der Waals surface area (Å²) in [6, 6.07) is 3.08. The first-order chi connectivity index (χ1) is 8.08. The van der Waals surface area contributed by atoms with E-state index in [9.17, 15) is 4.79 Å². The summed E-state index contributed by atoms with van der Waals surface area (Å²) in [5.41, 5.74) is 0.134. The van der Waals surface area contributed by atoms with Gasteiger partial charge in [0.2, 0.25) is 0 Å². The lowest BCUT2D eigenvalue weighted by atomic mass is 9.89. The van der Waals surface area contributed by atoms with Gasteiger partial charge in [-0.2, -0.15) is 0 Å². The molecule has 1 heterocycles. The zero-order chi connectivity index (χ0) is 12.4. The fourth-order valence-electron chi connectivity index (χ4n) is 1.78. The number of carboxylic acids is 1. The maximum atomic E-state index is 10.8. The van der Waals surface area contributed by atoms with Crippen LogP contribution in [0.4, 0.5) is 5.82 Å². The van der Waals surface area contributed by atoms with Crippen LogP contribution in [0.3, 0.4) is 0 Å². The summed E-state index contributed by atoms with van der Waals surface area (Å²) in [5.74, 6) is -0.518. The fourth-order valence-corrected chi connectivity index (χ4v) is 1.99. The molecule has 5 nitrogen and oxygen atoms in total.